The third-order valence-corrected chi connectivity index (χ3v) is 8.04. The van der Waals surface area contributed by atoms with Gasteiger partial charge in [-0.3, -0.25) is 19.7 Å². The Hall–Kier alpha value is -3.85. The number of carbonyl (C=O) groups excluding carboxylic acids is 1. The number of fused-ring (bicyclic) bond motifs is 1. The molecule has 8 heteroatoms. The van der Waals surface area contributed by atoms with Gasteiger partial charge in [-0.2, -0.15) is 0 Å². The van der Waals surface area contributed by atoms with Crippen molar-refractivity contribution >= 4 is 22.4 Å². The zero-order chi connectivity index (χ0) is 27.5. The molecule has 0 bridgehead atoms. The Bertz CT molecular complexity index is 1510. The standard InChI is InChI=1S/C32H35N5O3/c33-32(39)29-9-4-22(17-30(29)36-24-5-7-25(38)8-6-24)31-28-3-1-2-26(27(28)10-11-35-31)23-16-21(18-34-19-23)20-37-12-14-40-15-13-37/h1-4,9-11,16-19,24-25,36,38H,5-8,12-15,20H2,(H2,33,39). The van der Waals surface area contributed by atoms with E-state index in [1.807, 2.05) is 36.8 Å². The van der Waals surface area contributed by atoms with Crippen LogP contribution in [0.15, 0.2) is 67.1 Å². The molecule has 0 atom stereocenters. The van der Waals surface area contributed by atoms with Crippen LogP contribution in [-0.2, 0) is 11.3 Å². The van der Waals surface area contributed by atoms with E-state index in [-0.39, 0.29) is 12.1 Å². The summed E-state index contributed by atoms with van der Waals surface area (Å²) >= 11 is 0. The lowest BCUT2D eigenvalue weighted by atomic mass is 9.92. The van der Waals surface area contributed by atoms with Crippen LogP contribution in [0.3, 0.4) is 0 Å². The van der Waals surface area contributed by atoms with Crippen molar-refractivity contribution in [2.24, 2.45) is 5.73 Å². The lowest BCUT2D eigenvalue weighted by molar-refractivity contribution is 0.0341. The largest absolute Gasteiger partial charge is 0.393 e. The highest BCUT2D eigenvalue weighted by atomic mass is 16.5. The third-order valence-electron chi connectivity index (χ3n) is 8.04. The van der Waals surface area contributed by atoms with Crippen LogP contribution >= 0.6 is 0 Å². The number of primary amides is 1. The molecule has 0 unspecified atom stereocenters. The first-order valence-electron chi connectivity index (χ1n) is 14.1. The smallest absolute Gasteiger partial charge is 0.250 e. The Balaban J connectivity index is 1.34. The molecule has 1 aliphatic heterocycles. The summed E-state index contributed by atoms with van der Waals surface area (Å²) in [4.78, 5) is 24.0. The summed E-state index contributed by atoms with van der Waals surface area (Å²) < 4.78 is 5.49. The number of nitrogens with two attached hydrogens (primary N) is 1. The van der Waals surface area contributed by atoms with Crippen molar-refractivity contribution in [2.75, 3.05) is 31.6 Å². The molecule has 2 aromatic heterocycles. The molecule has 2 aromatic carbocycles. The number of benzene rings is 2. The number of hydrogen-bond donors (Lipinski definition) is 3. The molecule has 2 aliphatic rings. The number of carbonyl (C=O) groups is 1. The number of rotatable bonds is 7. The number of ether oxygens (including phenoxy) is 1. The van der Waals surface area contributed by atoms with Crippen LogP contribution in [0.4, 0.5) is 5.69 Å². The minimum atomic E-state index is -0.470. The molecule has 1 saturated heterocycles. The molecular formula is C32H35N5O3. The quantitative estimate of drug-likeness (QED) is 0.315. The fourth-order valence-electron chi connectivity index (χ4n) is 5.89. The predicted octanol–water partition coefficient (Wildman–Crippen LogP) is 4.61. The van der Waals surface area contributed by atoms with Crippen molar-refractivity contribution in [3.05, 3.63) is 78.2 Å². The molecule has 1 aliphatic carbocycles. The van der Waals surface area contributed by atoms with Crippen molar-refractivity contribution in [1.82, 2.24) is 14.9 Å². The summed E-state index contributed by atoms with van der Waals surface area (Å²) in [5.41, 5.74) is 12.0. The average molecular weight is 538 g/mol. The summed E-state index contributed by atoms with van der Waals surface area (Å²) in [7, 11) is 0. The van der Waals surface area contributed by atoms with Crippen molar-refractivity contribution in [3.63, 3.8) is 0 Å². The van der Waals surface area contributed by atoms with Gasteiger partial charge in [0.25, 0.3) is 5.91 Å². The number of amides is 1. The van der Waals surface area contributed by atoms with Crippen LogP contribution in [0.2, 0.25) is 0 Å². The number of nitrogens with zero attached hydrogens (tertiary/aromatic N) is 3. The number of aromatic nitrogens is 2. The second-order valence-electron chi connectivity index (χ2n) is 10.8. The van der Waals surface area contributed by atoms with E-state index in [0.717, 1.165) is 91.7 Å². The van der Waals surface area contributed by atoms with E-state index in [9.17, 15) is 9.90 Å². The maximum absolute atomic E-state index is 12.2. The SMILES string of the molecule is NC(=O)c1ccc(-c2nccc3c(-c4cncc(CN5CCOCC5)c4)cccc23)cc1NC1CCC(O)CC1. The minimum Gasteiger partial charge on any atom is -0.393 e. The summed E-state index contributed by atoms with van der Waals surface area (Å²) in [6, 6.07) is 16.4. The molecule has 0 radical (unpaired) electrons. The Labute approximate surface area is 234 Å². The van der Waals surface area contributed by atoms with Gasteiger partial charge in [0.15, 0.2) is 0 Å². The Morgan fingerprint density at radius 3 is 2.62 bits per heavy atom. The van der Waals surface area contributed by atoms with Crippen molar-refractivity contribution in [3.8, 4) is 22.4 Å². The molecule has 4 aromatic rings. The monoisotopic (exact) mass is 537 g/mol. The van der Waals surface area contributed by atoms with E-state index in [1.54, 1.807) is 6.07 Å². The number of hydrogen-bond acceptors (Lipinski definition) is 7. The fourth-order valence-corrected chi connectivity index (χ4v) is 5.89. The zero-order valence-electron chi connectivity index (χ0n) is 22.6. The van der Waals surface area contributed by atoms with Crippen LogP contribution in [0.25, 0.3) is 33.2 Å². The van der Waals surface area contributed by atoms with E-state index >= 15 is 0 Å². The van der Waals surface area contributed by atoms with Gasteiger partial charge in [-0.15, -0.1) is 0 Å². The number of aliphatic hydroxyl groups is 1. The second kappa shape index (κ2) is 11.7. The van der Waals surface area contributed by atoms with Gasteiger partial charge in [-0.1, -0.05) is 24.3 Å². The maximum atomic E-state index is 12.2. The summed E-state index contributed by atoms with van der Waals surface area (Å²) in [5, 5.41) is 15.5. The molecule has 4 N–H and O–H groups in total. The number of aliphatic hydroxyl groups excluding tert-OH is 1. The lowest BCUT2D eigenvalue weighted by Gasteiger charge is -2.28. The number of nitrogens with one attached hydrogen (secondary N) is 1. The fraction of sp³-hybridized carbons (Fsp3) is 0.344. The highest BCUT2D eigenvalue weighted by molar-refractivity contribution is 6.04. The summed E-state index contributed by atoms with van der Waals surface area (Å²) in [6.45, 7) is 4.26. The van der Waals surface area contributed by atoms with Crippen LogP contribution < -0.4 is 11.1 Å². The van der Waals surface area contributed by atoms with Gasteiger partial charge in [-0.05, 0) is 66.5 Å². The molecule has 6 rings (SSSR count). The topological polar surface area (TPSA) is 114 Å². The van der Waals surface area contributed by atoms with Crippen LogP contribution in [-0.4, -0.2) is 64.3 Å². The molecule has 206 valence electrons. The van der Waals surface area contributed by atoms with Gasteiger partial charge in [0, 0.05) is 66.5 Å². The molecule has 1 amide bonds. The van der Waals surface area contributed by atoms with Crippen LogP contribution in [0.1, 0.15) is 41.6 Å². The maximum Gasteiger partial charge on any atom is 0.250 e. The Morgan fingerprint density at radius 1 is 1.00 bits per heavy atom. The highest BCUT2D eigenvalue weighted by Crippen LogP contribution is 2.35. The molecule has 40 heavy (non-hydrogen) atoms. The zero-order valence-corrected chi connectivity index (χ0v) is 22.6. The van der Waals surface area contributed by atoms with Crippen molar-refractivity contribution in [2.45, 2.75) is 44.4 Å². The van der Waals surface area contributed by atoms with E-state index < -0.39 is 5.91 Å². The van der Waals surface area contributed by atoms with Gasteiger partial charge < -0.3 is 20.9 Å². The van der Waals surface area contributed by atoms with Gasteiger partial charge in [0.1, 0.15) is 0 Å². The highest BCUT2D eigenvalue weighted by Gasteiger charge is 2.22. The Kier molecular flexibility index (Phi) is 7.73. The number of pyridine rings is 2. The third kappa shape index (κ3) is 5.70. The molecule has 8 nitrogen and oxygen atoms in total. The van der Waals surface area contributed by atoms with E-state index in [1.165, 1.54) is 5.56 Å². The van der Waals surface area contributed by atoms with Crippen LogP contribution in [0, 0.1) is 0 Å². The first kappa shape index (κ1) is 26.4. The Morgan fingerprint density at radius 2 is 1.82 bits per heavy atom. The van der Waals surface area contributed by atoms with E-state index in [0.29, 0.717) is 11.3 Å². The second-order valence-corrected chi connectivity index (χ2v) is 10.8. The number of morpholine rings is 1. The van der Waals surface area contributed by atoms with Crippen molar-refractivity contribution < 1.29 is 14.6 Å². The van der Waals surface area contributed by atoms with Crippen LogP contribution in [0.5, 0.6) is 0 Å². The van der Waals surface area contributed by atoms with Crippen molar-refractivity contribution in [1.29, 1.82) is 0 Å². The average Bonchev–Trinajstić information content (AvgIpc) is 2.98. The summed E-state index contributed by atoms with van der Waals surface area (Å²) in [6.07, 6.45) is 8.64. The molecule has 0 spiro atoms. The normalized spacial score (nSPS) is 19.9. The predicted molar refractivity (Wildman–Crippen MR) is 157 cm³/mol. The summed E-state index contributed by atoms with van der Waals surface area (Å²) in [5.74, 6) is -0.470. The number of anilines is 1. The first-order valence-corrected chi connectivity index (χ1v) is 14.1. The van der Waals surface area contributed by atoms with Gasteiger partial charge in [0.2, 0.25) is 0 Å². The molecular weight excluding hydrogens is 502 g/mol. The van der Waals surface area contributed by atoms with E-state index in [4.69, 9.17) is 15.5 Å². The molecule has 1 saturated carbocycles. The van der Waals surface area contributed by atoms with Gasteiger partial charge >= 0.3 is 0 Å². The first-order chi connectivity index (χ1) is 19.5. The van der Waals surface area contributed by atoms with Gasteiger partial charge in [-0.25, -0.2) is 0 Å². The molecule has 2 fully saturated rings. The molecule has 3 heterocycles. The van der Waals surface area contributed by atoms with E-state index in [2.05, 4.69) is 39.5 Å². The minimum absolute atomic E-state index is 0.182. The lowest BCUT2D eigenvalue weighted by Crippen LogP contribution is -2.35. The van der Waals surface area contributed by atoms with Gasteiger partial charge in [0.05, 0.1) is 30.6 Å².